The molecule has 0 unspecified atom stereocenters. The molecule has 3 aromatic rings. The number of amides is 1. The van der Waals surface area contributed by atoms with Gasteiger partial charge in [0.1, 0.15) is 10.7 Å². The van der Waals surface area contributed by atoms with Gasteiger partial charge in [-0.25, -0.2) is 4.98 Å². The Hall–Kier alpha value is -3.27. The maximum atomic E-state index is 12.9. The van der Waals surface area contributed by atoms with Crippen molar-refractivity contribution in [2.75, 3.05) is 26.6 Å². The van der Waals surface area contributed by atoms with Crippen LogP contribution in [0.4, 0.5) is 18.9 Å². The maximum Gasteiger partial charge on any atom is 0.416 e. The molecular weight excluding hydrogens is 421 g/mol. The van der Waals surface area contributed by atoms with Gasteiger partial charge in [0.05, 0.1) is 26.9 Å². The lowest BCUT2D eigenvalue weighted by Crippen LogP contribution is -2.12. The van der Waals surface area contributed by atoms with Crippen molar-refractivity contribution in [3.63, 3.8) is 0 Å². The molecule has 2 aromatic carbocycles. The largest absolute Gasteiger partial charge is 0.493 e. The van der Waals surface area contributed by atoms with E-state index in [1.54, 1.807) is 12.1 Å². The van der Waals surface area contributed by atoms with Crippen molar-refractivity contribution >= 4 is 22.9 Å². The number of benzene rings is 2. The third kappa shape index (κ3) is 4.48. The van der Waals surface area contributed by atoms with Crippen molar-refractivity contribution in [1.29, 1.82) is 0 Å². The van der Waals surface area contributed by atoms with Gasteiger partial charge in [0, 0.05) is 28.8 Å². The first-order valence-electron chi connectivity index (χ1n) is 8.51. The number of nitrogens with one attached hydrogen (secondary N) is 1. The van der Waals surface area contributed by atoms with Crippen LogP contribution in [0.15, 0.2) is 41.8 Å². The second-order valence-electron chi connectivity index (χ2n) is 5.98. The Morgan fingerprint density at radius 2 is 1.70 bits per heavy atom. The fourth-order valence-electron chi connectivity index (χ4n) is 2.69. The number of carbonyl (C=O) groups excluding carboxylic acids is 1. The fourth-order valence-corrected chi connectivity index (χ4v) is 3.48. The highest BCUT2D eigenvalue weighted by Crippen LogP contribution is 2.40. The van der Waals surface area contributed by atoms with Crippen LogP contribution >= 0.6 is 11.3 Å². The number of hydrogen-bond acceptors (Lipinski definition) is 6. The minimum absolute atomic E-state index is 0.0705. The van der Waals surface area contributed by atoms with E-state index in [-0.39, 0.29) is 11.3 Å². The Kier molecular flexibility index (Phi) is 6.16. The Bertz CT molecular complexity index is 1040. The van der Waals surface area contributed by atoms with Crippen LogP contribution < -0.4 is 19.5 Å². The number of carbonyl (C=O) groups is 1. The number of halogens is 3. The summed E-state index contributed by atoms with van der Waals surface area (Å²) in [6, 6.07) is 7.90. The number of nitrogens with zero attached hydrogens (tertiary/aromatic N) is 1. The zero-order valence-corrected chi connectivity index (χ0v) is 17.0. The fraction of sp³-hybridized carbons (Fsp3) is 0.200. The third-order valence-electron chi connectivity index (χ3n) is 4.10. The number of alkyl halides is 3. The number of methoxy groups -OCH3 is 3. The minimum atomic E-state index is -4.46. The Morgan fingerprint density at radius 3 is 2.27 bits per heavy atom. The lowest BCUT2D eigenvalue weighted by Gasteiger charge is -2.14. The van der Waals surface area contributed by atoms with Gasteiger partial charge in [0.15, 0.2) is 11.5 Å². The summed E-state index contributed by atoms with van der Waals surface area (Å²) in [7, 11) is 4.36. The van der Waals surface area contributed by atoms with Crippen molar-refractivity contribution in [2.45, 2.75) is 6.18 Å². The topological polar surface area (TPSA) is 69.7 Å². The molecule has 10 heteroatoms. The van der Waals surface area contributed by atoms with Crippen molar-refractivity contribution < 1.29 is 32.2 Å². The summed E-state index contributed by atoms with van der Waals surface area (Å²) >= 11 is 1.07. The average Bonchev–Trinajstić information content (AvgIpc) is 3.23. The molecule has 0 saturated carbocycles. The molecule has 0 aliphatic heterocycles. The summed E-state index contributed by atoms with van der Waals surface area (Å²) in [5, 5.41) is 4.45. The quantitative estimate of drug-likeness (QED) is 0.579. The van der Waals surface area contributed by atoms with E-state index >= 15 is 0 Å². The number of ether oxygens (including phenoxy) is 3. The number of rotatable bonds is 6. The van der Waals surface area contributed by atoms with Crippen LogP contribution in [0.2, 0.25) is 0 Å². The van der Waals surface area contributed by atoms with Crippen LogP contribution in [0.5, 0.6) is 17.2 Å². The summed E-state index contributed by atoms with van der Waals surface area (Å²) in [6.45, 7) is 0. The van der Waals surface area contributed by atoms with E-state index in [2.05, 4.69) is 10.3 Å². The van der Waals surface area contributed by atoms with Gasteiger partial charge in [0.25, 0.3) is 5.91 Å². The number of aromatic nitrogens is 1. The zero-order chi connectivity index (χ0) is 21.9. The highest BCUT2D eigenvalue weighted by atomic mass is 32.1. The van der Waals surface area contributed by atoms with Crippen molar-refractivity contribution in [3.8, 4) is 27.8 Å². The van der Waals surface area contributed by atoms with Crippen molar-refractivity contribution in [1.82, 2.24) is 4.98 Å². The summed E-state index contributed by atoms with van der Waals surface area (Å²) in [6.07, 6.45) is -4.46. The minimum Gasteiger partial charge on any atom is -0.493 e. The van der Waals surface area contributed by atoms with E-state index in [1.807, 2.05) is 0 Å². The first-order chi connectivity index (χ1) is 14.3. The zero-order valence-electron chi connectivity index (χ0n) is 16.2. The normalized spacial score (nSPS) is 11.1. The molecule has 0 radical (unpaired) electrons. The maximum absolute atomic E-state index is 12.9. The Balaban J connectivity index is 1.84. The SMILES string of the molecule is COc1cc(NC(=O)c2csc(-c3cccc(C(F)(F)F)c3)n2)cc(OC)c1OC. The number of anilines is 1. The van der Waals surface area contributed by atoms with E-state index in [0.29, 0.717) is 27.9 Å². The monoisotopic (exact) mass is 438 g/mol. The Labute approximate surface area is 174 Å². The Morgan fingerprint density at radius 1 is 1.03 bits per heavy atom. The van der Waals surface area contributed by atoms with Crippen LogP contribution in [0.3, 0.4) is 0 Å². The number of thiazole rings is 1. The second kappa shape index (κ2) is 8.62. The molecule has 1 N–H and O–H groups in total. The van der Waals surface area contributed by atoms with Crippen LogP contribution in [0, 0.1) is 0 Å². The summed E-state index contributed by atoms with van der Waals surface area (Å²) in [5.41, 5.74) is -0.0513. The van der Waals surface area contributed by atoms with Gasteiger partial charge in [-0.05, 0) is 12.1 Å². The third-order valence-corrected chi connectivity index (χ3v) is 4.99. The molecule has 0 bridgehead atoms. The van der Waals surface area contributed by atoms with E-state index in [1.165, 1.54) is 38.8 Å². The van der Waals surface area contributed by atoms with Crippen LogP contribution in [0.25, 0.3) is 10.6 Å². The van der Waals surface area contributed by atoms with E-state index in [9.17, 15) is 18.0 Å². The molecule has 0 fully saturated rings. The molecule has 1 heterocycles. The smallest absolute Gasteiger partial charge is 0.416 e. The van der Waals surface area contributed by atoms with Gasteiger partial charge in [0.2, 0.25) is 5.75 Å². The molecule has 1 amide bonds. The molecule has 158 valence electrons. The highest BCUT2D eigenvalue weighted by molar-refractivity contribution is 7.13. The molecule has 1 aromatic heterocycles. The van der Waals surface area contributed by atoms with Gasteiger partial charge in [-0.1, -0.05) is 12.1 Å². The first kappa shape index (κ1) is 21.4. The van der Waals surface area contributed by atoms with E-state index in [0.717, 1.165) is 23.5 Å². The number of hydrogen-bond donors (Lipinski definition) is 1. The van der Waals surface area contributed by atoms with Crippen LogP contribution in [-0.4, -0.2) is 32.2 Å². The molecule has 0 aliphatic rings. The highest BCUT2D eigenvalue weighted by Gasteiger charge is 2.30. The first-order valence-corrected chi connectivity index (χ1v) is 9.39. The lowest BCUT2D eigenvalue weighted by atomic mass is 10.1. The van der Waals surface area contributed by atoms with Gasteiger partial charge in [-0.3, -0.25) is 4.79 Å². The summed E-state index contributed by atoms with van der Waals surface area (Å²) in [5.74, 6) is 0.558. The van der Waals surface area contributed by atoms with Gasteiger partial charge in [-0.2, -0.15) is 13.2 Å². The summed E-state index contributed by atoms with van der Waals surface area (Å²) < 4.78 is 54.5. The molecule has 3 rings (SSSR count). The van der Waals surface area contributed by atoms with E-state index < -0.39 is 17.6 Å². The molecule has 6 nitrogen and oxygen atoms in total. The second-order valence-corrected chi connectivity index (χ2v) is 6.84. The van der Waals surface area contributed by atoms with Crippen LogP contribution in [-0.2, 0) is 6.18 Å². The standard InChI is InChI=1S/C20H17F3N2O4S/c1-27-15-8-13(9-16(28-2)17(15)29-3)24-18(26)14-10-30-19(25-14)11-5-4-6-12(7-11)20(21,22)23/h4-10H,1-3H3,(H,24,26). The molecular formula is C20H17F3N2O4S. The molecule has 0 saturated heterocycles. The van der Waals surface area contributed by atoms with Gasteiger partial charge in [-0.15, -0.1) is 11.3 Å². The van der Waals surface area contributed by atoms with Gasteiger partial charge >= 0.3 is 6.18 Å². The predicted octanol–water partition coefficient (Wildman–Crippen LogP) is 5.11. The predicted molar refractivity (Wildman–Crippen MR) is 107 cm³/mol. The molecule has 0 spiro atoms. The average molecular weight is 438 g/mol. The molecule has 30 heavy (non-hydrogen) atoms. The summed E-state index contributed by atoms with van der Waals surface area (Å²) in [4.78, 5) is 16.7. The van der Waals surface area contributed by atoms with Crippen molar-refractivity contribution in [2.24, 2.45) is 0 Å². The molecule has 0 atom stereocenters. The van der Waals surface area contributed by atoms with E-state index in [4.69, 9.17) is 14.2 Å². The van der Waals surface area contributed by atoms with Crippen molar-refractivity contribution in [3.05, 3.63) is 53.0 Å². The lowest BCUT2D eigenvalue weighted by molar-refractivity contribution is -0.137. The van der Waals surface area contributed by atoms with Crippen LogP contribution in [0.1, 0.15) is 16.1 Å². The van der Waals surface area contributed by atoms with Gasteiger partial charge < -0.3 is 19.5 Å². The molecule has 0 aliphatic carbocycles.